The molecule has 0 bridgehead atoms. The van der Waals surface area contributed by atoms with Crippen molar-refractivity contribution in [2.24, 2.45) is 0 Å². The predicted octanol–water partition coefficient (Wildman–Crippen LogP) is 2.10. The lowest BCUT2D eigenvalue weighted by molar-refractivity contribution is -0.383. The van der Waals surface area contributed by atoms with E-state index in [1.807, 2.05) is 6.92 Å². The minimum atomic E-state index is -0.497. The zero-order valence-electron chi connectivity index (χ0n) is 7.35. The van der Waals surface area contributed by atoms with Crippen LogP contribution in [0.4, 0.5) is 11.4 Å². The molecule has 2 rings (SSSR count). The Morgan fingerprint density at radius 3 is 2.93 bits per heavy atom. The molecule has 0 fully saturated rings. The Kier molecular flexibility index (Phi) is 1.85. The second kappa shape index (κ2) is 2.91. The van der Waals surface area contributed by atoms with Gasteiger partial charge < -0.3 is 5.73 Å². The third-order valence-electron chi connectivity index (χ3n) is 1.84. The Balaban J connectivity index is 2.76. The molecule has 0 amide bonds. The second-order valence-corrected chi connectivity index (χ2v) is 4.10. The highest BCUT2D eigenvalue weighted by atomic mass is 32.1. The molecule has 0 spiro atoms. The first-order chi connectivity index (χ1) is 6.58. The van der Waals surface area contributed by atoms with Crippen LogP contribution >= 0.6 is 11.3 Å². The molecule has 5 nitrogen and oxygen atoms in total. The van der Waals surface area contributed by atoms with Crippen molar-refractivity contribution in [2.45, 2.75) is 6.92 Å². The van der Waals surface area contributed by atoms with Gasteiger partial charge in [0.25, 0.3) is 5.69 Å². The van der Waals surface area contributed by atoms with E-state index in [-0.39, 0.29) is 11.4 Å². The minimum Gasteiger partial charge on any atom is -0.393 e. The summed E-state index contributed by atoms with van der Waals surface area (Å²) in [5.41, 5.74) is 6.27. The van der Waals surface area contributed by atoms with Crippen molar-refractivity contribution in [3.05, 3.63) is 27.3 Å². The van der Waals surface area contributed by atoms with Crippen molar-refractivity contribution < 1.29 is 4.92 Å². The number of nitro groups is 1. The molecule has 0 aliphatic heterocycles. The number of thiazole rings is 1. The molecule has 2 N–H and O–H groups in total. The fourth-order valence-electron chi connectivity index (χ4n) is 1.25. The number of hydrogen-bond donors (Lipinski definition) is 1. The lowest BCUT2D eigenvalue weighted by Gasteiger charge is -1.95. The number of hydrogen-bond acceptors (Lipinski definition) is 5. The van der Waals surface area contributed by atoms with E-state index in [0.29, 0.717) is 5.52 Å². The van der Waals surface area contributed by atoms with Crippen LogP contribution in [0.2, 0.25) is 0 Å². The molecule has 6 heteroatoms. The number of anilines is 1. The van der Waals surface area contributed by atoms with Gasteiger partial charge in [0.2, 0.25) is 0 Å². The molecule has 0 aliphatic carbocycles. The first kappa shape index (κ1) is 8.89. The molecule has 14 heavy (non-hydrogen) atoms. The zero-order chi connectivity index (χ0) is 10.3. The van der Waals surface area contributed by atoms with Crippen LogP contribution in [0.15, 0.2) is 12.1 Å². The van der Waals surface area contributed by atoms with E-state index < -0.39 is 4.92 Å². The maximum absolute atomic E-state index is 10.6. The van der Waals surface area contributed by atoms with Gasteiger partial charge in [-0.05, 0) is 13.0 Å². The molecule has 0 radical (unpaired) electrons. The molecular formula is C8H7N3O2S. The van der Waals surface area contributed by atoms with E-state index in [4.69, 9.17) is 5.73 Å². The predicted molar refractivity (Wildman–Crippen MR) is 55.4 cm³/mol. The maximum atomic E-state index is 10.6. The number of nitrogen functional groups attached to an aromatic ring is 1. The monoisotopic (exact) mass is 209 g/mol. The summed E-state index contributed by atoms with van der Waals surface area (Å²) in [4.78, 5) is 14.2. The van der Waals surface area contributed by atoms with Crippen molar-refractivity contribution >= 4 is 32.9 Å². The smallest absolute Gasteiger partial charge is 0.294 e. The second-order valence-electron chi connectivity index (χ2n) is 2.87. The topological polar surface area (TPSA) is 82.0 Å². The van der Waals surface area contributed by atoms with E-state index in [0.717, 1.165) is 9.71 Å². The Bertz CT molecular complexity index is 521. The van der Waals surface area contributed by atoms with Crippen molar-refractivity contribution in [2.75, 3.05) is 5.73 Å². The Labute approximate surface area is 83.3 Å². The quantitative estimate of drug-likeness (QED) is 0.443. The van der Waals surface area contributed by atoms with Gasteiger partial charge >= 0.3 is 0 Å². The summed E-state index contributed by atoms with van der Waals surface area (Å²) in [5.74, 6) is 0. The lowest BCUT2D eigenvalue weighted by Crippen LogP contribution is -1.94. The summed E-state index contributed by atoms with van der Waals surface area (Å²) in [7, 11) is 0. The van der Waals surface area contributed by atoms with Gasteiger partial charge in [0.1, 0.15) is 5.69 Å². The highest BCUT2D eigenvalue weighted by Gasteiger charge is 2.14. The third kappa shape index (κ3) is 1.29. The molecular weight excluding hydrogens is 202 g/mol. The number of nitrogens with zero attached hydrogens (tertiary/aromatic N) is 2. The van der Waals surface area contributed by atoms with Crippen LogP contribution in [-0.2, 0) is 0 Å². The van der Waals surface area contributed by atoms with E-state index in [1.165, 1.54) is 17.4 Å². The standard InChI is InChI=1S/C8H7N3O2S/c1-4-10-6-3-7(11(12)13)5(9)2-8(6)14-4/h2-3H,9H2,1H3. The van der Waals surface area contributed by atoms with Gasteiger partial charge in [-0.1, -0.05) is 0 Å². The van der Waals surface area contributed by atoms with Gasteiger partial charge in [-0.2, -0.15) is 0 Å². The van der Waals surface area contributed by atoms with Gasteiger partial charge in [0.15, 0.2) is 0 Å². The summed E-state index contributed by atoms with van der Waals surface area (Å²) in [5, 5.41) is 11.4. The summed E-state index contributed by atoms with van der Waals surface area (Å²) in [6, 6.07) is 3.01. The van der Waals surface area contributed by atoms with Gasteiger partial charge in [0.05, 0.1) is 20.1 Å². The molecule has 0 atom stereocenters. The summed E-state index contributed by atoms with van der Waals surface area (Å²) >= 11 is 1.47. The molecule has 1 aromatic heterocycles. The number of rotatable bonds is 1. The SMILES string of the molecule is Cc1nc2cc([N+](=O)[O-])c(N)cc2s1. The molecule has 1 heterocycles. The first-order valence-corrected chi connectivity index (χ1v) is 4.70. The number of fused-ring (bicyclic) bond motifs is 1. The average molecular weight is 209 g/mol. The molecule has 0 aliphatic rings. The van der Waals surface area contributed by atoms with Crippen molar-refractivity contribution in [1.29, 1.82) is 0 Å². The van der Waals surface area contributed by atoms with E-state index in [2.05, 4.69) is 4.98 Å². The fraction of sp³-hybridized carbons (Fsp3) is 0.125. The molecule has 0 saturated heterocycles. The molecule has 72 valence electrons. The van der Waals surface area contributed by atoms with Crippen LogP contribution < -0.4 is 5.73 Å². The van der Waals surface area contributed by atoms with Crippen LogP contribution in [0, 0.1) is 17.0 Å². The number of nitro benzene ring substituents is 1. The van der Waals surface area contributed by atoms with Crippen LogP contribution in [0.3, 0.4) is 0 Å². The van der Waals surface area contributed by atoms with Gasteiger partial charge in [0, 0.05) is 6.07 Å². The summed E-state index contributed by atoms with van der Waals surface area (Å²) < 4.78 is 0.880. The van der Waals surface area contributed by atoms with E-state index >= 15 is 0 Å². The largest absolute Gasteiger partial charge is 0.393 e. The summed E-state index contributed by atoms with van der Waals surface area (Å²) in [6.45, 7) is 1.85. The zero-order valence-corrected chi connectivity index (χ0v) is 8.17. The van der Waals surface area contributed by atoms with E-state index in [1.54, 1.807) is 6.07 Å². The molecule has 2 aromatic rings. The van der Waals surface area contributed by atoms with Crippen molar-refractivity contribution in [1.82, 2.24) is 4.98 Å². The van der Waals surface area contributed by atoms with Crippen molar-refractivity contribution in [3.8, 4) is 0 Å². The lowest BCUT2D eigenvalue weighted by atomic mass is 10.2. The van der Waals surface area contributed by atoms with Crippen LogP contribution in [0.1, 0.15) is 5.01 Å². The fourth-order valence-corrected chi connectivity index (χ4v) is 2.11. The minimum absolute atomic E-state index is 0.0807. The van der Waals surface area contributed by atoms with Gasteiger partial charge in [-0.15, -0.1) is 11.3 Å². The number of aromatic nitrogens is 1. The van der Waals surface area contributed by atoms with Gasteiger partial charge in [-0.25, -0.2) is 4.98 Å². The number of nitrogens with two attached hydrogens (primary N) is 1. The van der Waals surface area contributed by atoms with Crippen LogP contribution in [0.25, 0.3) is 10.2 Å². The van der Waals surface area contributed by atoms with Crippen molar-refractivity contribution in [3.63, 3.8) is 0 Å². The maximum Gasteiger partial charge on any atom is 0.294 e. The van der Waals surface area contributed by atoms with Crippen LogP contribution in [-0.4, -0.2) is 9.91 Å². The van der Waals surface area contributed by atoms with Gasteiger partial charge in [-0.3, -0.25) is 10.1 Å². The first-order valence-electron chi connectivity index (χ1n) is 3.89. The summed E-state index contributed by atoms with van der Waals surface area (Å²) in [6.07, 6.45) is 0. The number of aryl methyl sites for hydroxylation is 1. The highest BCUT2D eigenvalue weighted by Crippen LogP contribution is 2.30. The molecule has 1 aromatic carbocycles. The Morgan fingerprint density at radius 2 is 2.29 bits per heavy atom. The average Bonchev–Trinajstić information content (AvgIpc) is 2.42. The molecule has 0 unspecified atom stereocenters. The number of benzene rings is 1. The third-order valence-corrected chi connectivity index (χ3v) is 2.77. The van der Waals surface area contributed by atoms with E-state index in [9.17, 15) is 10.1 Å². The molecule has 0 saturated carbocycles. The van der Waals surface area contributed by atoms with Crippen LogP contribution in [0.5, 0.6) is 0 Å². The Morgan fingerprint density at radius 1 is 1.57 bits per heavy atom. The Hall–Kier alpha value is -1.69. The normalized spacial score (nSPS) is 10.6. The highest BCUT2D eigenvalue weighted by molar-refractivity contribution is 7.18.